The molecule has 0 aromatic heterocycles. The van der Waals surface area contributed by atoms with Gasteiger partial charge in [0.15, 0.2) is 11.6 Å². The number of primary amides is 1. The van der Waals surface area contributed by atoms with E-state index in [1.807, 2.05) is 4.90 Å². The van der Waals surface area contributed by atoms with Crippen molar-refractivity contribution in [2.24, 2.45) is 17.6 Å². The Morgan fingerprint density at radius 2 is 2.15 bits per heavy atom. The number of nitrogens with two attached hydrogens (primary N) is 1. The second-order valence-corrected chi connectivity index (χ2v) is 5.17. The molecule has 1 aromatic rings. The van der Waals surface area contributed by atoms with E-state index in [-0.39, 0.29) is 17.7 Å². The number of carbonyl (C=O) groups is 1. The highest BCUT2D eigenvalue weighted by Crippen LogP contribution is 2.25. The molecule has 1 amide bonds. The van der Waals surface area contributed by atoms with E-state index in [0.717, 1.165) is 6.07 Å². The number of amides is 1. The van der Waals surface area contributed by atoms with Gasteiger partial charge in [0.05, 0.1) is 12.5 Å². The van der Waals surface area contributed by atoms with E-state index in [1.54, 1.807) is 13.2 Å². The lowest BCUT2D eigenvalue weighted by Gasteiger charge is -2.15. The molecule has 20 heavy (non-hydrogen) atoms. The first-order valence-electron chi connectivity index (χ1n) is 6.45. The zero-order valence-electron chi connectivity index (χ0n) is 11.3. The predicted molar refractivity (Wildman–Crippen MR) is 69.7 cm³/mol. The van der Waals surface area contributed by atoms with Crippen LogP contribution in [-0.2, 0) is 16.1 Å². The molecule has 0 spiro atoms. The monoisotopic (exact) mass is 284 g/mol. The standard InChI is InChI=1S/C14H18F2N2O2/c1-20-8-10-6-18(7-11(10)14(17)19)5-9-2-3-12(15)13(16)4-9/h2-4,10-11H,5-8H2,1H3,(H2,17,19)/t10-,11+/m0/s1. The summed E-state index contributed by atoms with van der Waals surface area (Å²) < 4.78 is 31.1. The fraction of sp³-hybridized carbons (Fsp3) is 0.500. The molecule has 0 saturated carbocycles. The van der Waals surface area contributed by atoms with E-state index in [0.29, 0.717) is 31.8 Å². The predicted octanol–water partition coefficient (Wildman–Crippen LogP) is 1.14. The summed E-state index contributed by atoms with van der Waals surface area (Å²) >= 11 is 0. The smallest absolute Gasteiger partial charge is 0.222 e. The zero-order valence-corrected chi connectivity index (χ0v) is 11.3. The highest BCUT2D eigenvalue weighted by molar-refractivity contribution is 5.77. The normalized spacial score (nSPS) is 23.1. The van der Waals surface area contributed by atoms with Gasteiger partial charge in [0.25, 0.3) is 0 Å². The second kappa shape index (κ2) is 6.28. The molecule has 2 atom stereocenters. The molecule has 110 valence electrons. The Morgan fingerprint density at radius 3 is 2.75 bits per heavy atom. The summed E-state index contributed by atoms with van der Waals surface area (Å²) in [6, 6.07) is 3.83. The summed E-state index contributed by atoms with van der Waals surface area (Å²) in [5, 5.41) is 0. The van der Waals surface area contributed by atoms with Crippen molar-refractivity contribution in [3.8, 4) is 0 Å². The number of hydrogen-bond acceptors (Lipinski definition) is 3. The summed E-state index contributed by atoms with van der Waals surface area (Å²) in [6.45, 7) is 2.09. The fourth-order valence-electron chi connectivity index (χ4n) is 2.69. The van der Waals surface area contributed by atoms with Crippen LogP contribution in [0, 0.1) is 23.5 Å². The number of benzene rings is 1. The third-order valence-electron chi connectivity index (χ3n) is 3.65. The first kappa shape index (κ1) is 14.9. The number of rotatable bonds is 5. The molecule has 0 unspecified atom stereocenters. The van der Waals surface area contributed by atoms with Crippen LogP contribution in [0.4, 0.5) is 8.78 Å². The third-order valence-corrected chi connectivity index (χ3v) is 3.65. The average Bonchev–Trinajstić information content (AvgIpc) is 2.77. The highest BCUT2D eigenvalue weighted by Gasteiger charge is 2.36. The number of methoxy groups -OCH3 is 1. The molecule has 1 aromatic carbocycles. The van der Waals surface area contributed by atoms with Crippen LogP contribution in [0.1, 0.15) is 5.56 Å². The topological polar surface area (TPSA) is 55.6 Å². The van der Waals surface area contributed by atoms with Crippen molar-refractivity contribution >= 4 is 5.91 Å². The summed E-state index contributed by atoms with van der Waals surface area (Å²) in [6.07, 6.45) is 0. The van der Waals surface area contributed by atoms with Gasteiger partial charge in [-0.3, -0.25) is 9.69 Å². The van der Waals surface area contributed by atoms with E-state index in [2.05, 4.69) is 0 Å². The molecule has 6 heteroatoms. The van der Waals surface area contributed by atoms with Crippen LogP contribution in [0.3, 0.4) is 0 Å². The number of likely N-dealkylation sites (tertiary alicyclic amines) is 1. The molecular formula is C14H18F2N2O2. The van der Waals surface area contributed by atoms with Gasteiger partial charge in [-0.05, 0) is 17.7 Å². The maximum Gasteiger partial charge on any atom is 0.222 e. The number of nitrogens with zero attached hydrogens (tertiary/aromatic N) is 1. The van der Waals surface area contributed by atoms with Crippen molar-refractivity contribution in [2.45, 2.75) is 6.54 Å². The van der Waals surface area contributed by atoms with Gasteiger partial charge < -0.3 is 10.5 Å². The number of halogens is 2. The highest BCUT2D eigenvalue weighted by atomic mass is 19.2. The van der Waals surface area contributed by atoms with Crippen molar-refractivity contribution in [1.29, 1.82) is 0 Å². The number of carbonyl (C=O) groups excluding carboxylic acids is 1. The molecule has 2 N–H and O–H groups in total. The summed E-state index contributed by atoms with van der Waals surface area (Å²) in [5.41, 5.74) is 6.06. The van der Waals surface area contributed by atoms with Crippen molar-refractivity contribution in [2.75, 3.05) is 26.8 Å². The number of hydrogen-bond donors (Lipinski definition) is 1. The lowest BCUT2D eigenvalue weighted by atomic mass is 9.96. The maximum atomic E-state index is 13.2. The lowest BCUT2D eigenvalue weighted by Crippen LogP contribution is -2.31. The van der Waals surface area contributed by atoms with Crippen molar-refractivity contribution < 1.29 is 18.3 Å². The van der Waals surface area contributed by atoms with Gasteiger partial charge >= 0.3 is 0 Å². The van der Waals surface area contributed by atoms with Crippen molar-refractivity contribution in [3.05, 3.63) is 35.4 Å². The first-order valence-corrected chi connectivity index (χ1v) is 6.45. The van der Waals surface area contributed by atoms with Crippen molar-refractivity contribution in [1.82, 2.24) is 4.90 Å². The Balaban J connectivity index is 2.03. The Labute approximate surface area is 116 Å². The molecule has 0 aliphatic carbocycles. The van der Waals surface area contributed by atoms with Crippen LogP contribution in [0.15, 0.2) is 18.2 Å². The fourth-order valence-corrected chi connectivity index (χ4v) is 2.69. The molecule has 1 aliphatic rings. The molecule has 1 aliphatic heterocycles. The summed E-state index contributed by atoms with van der Waals surface area (Å²) in [7, 11) is 1.58. The van der Waals surface area contributed by atoms with Gasteiger partial charge in [0.1, 0.15) is 0 Å². The summed E-state index contributed by atoms with van der Waals surface area (Å²) in [4.78, 5) is 13.4. The third kappa shape index (κ3) is 3.32. The van der Waals surface area contributed by atoms with Gasteiger partial charge in [-0.2, -0.15) is 0 Å². The molecule has 1 saturated heterocycles. The van der Waals surface area contributed by atoms with E-state index >= 15 is 0 Å². The van der Waals surface area contributed by atoms with Gasteiger partial charge in [-0.25, -0.2) is 8.78 Å². The largest absolute Gasteiger partial charge is 0.384 e. The van der Waals surface area contributed by atoms with Crippen LogP contribution >= 0.6 is 0 Å². The van der Waals surface area contributed by atoms with Crippen LogP contribution in [-0.4, -0.2) is 37.6 Å². The number of ether oxygens (including phenoxy) is 1. The van der Waals surface area contributed by atoms with Crippen LogP contribution in [0.25, 0.3) is 0 Å². The SMILES string of the molecule is COC[C@@H]1CN(Cc2ccc(F)c(F)c2)C[C@H]1C(N)=O. The molecule has 0 bridgehead atoms. The Morgan fingerprint density at radius 1 is 1.40 bits per heavy atom. The van der Waals surface area contributed by atoms with Gasteiger partial charge in [0.2, 0.25) is 5.91 Å². The van der Waals surface area contributed by atoms with Crippen LogP contribution in [0.2, 0.25) is 0 Å². The Bertz CT molecular complexity index is 496. The minimum Gasteiger partial charge on any atom is -0.384 e. The first-order chi connectivity index (χ1) is 9.51. The molecule has 4 nitrogen and oxygen atoms in total. The Hall–Kier alpha value is -1.53. The molecule has 0 radical (unpaired) electrons. The molecule has 1 fully saturated rings. The maximum absolute atomic E-state index is 13.2. The van der Waals surface area contributed by atoms with Gasteiger partial charge in [0, 0.05) is 32.7 Å². The molecule has 1 heterocycles. The van der Waals surface area contributed by atoms with Crippen molar-refractivity contribution in [3.63, 3.8) is 0 Å². The summed E-state index contributed by atoms with van der Waals surface area (Å²) in [5.74, 6) is -2.29. The second-order valence-electron chi connectivity index (χ2n) is 5.17. The lowest BCUT2D eigenvalue weighted by molar-refractivity contribution is -0.123. The Kier molecular flexibility index (Phi) is 4.67. The van der Waals surface area contributed by atoms with E-state index in [4.69, 9.17) is 10.5 Å². The average molecular weight is 284 g/mol. The minimum absolute atomic E-state index is 0.0443. The molecule has 2 rings (SSSR count). The van der Waals surface area contributed by atoms with Crippen LogP contribution in [0.5, 0.6) is 0 Å². The van der Waals surface area contributed by atoms with E-state index in [9.17, 15) is 13.6 Å². The minimum atomic E-state index is -0.860. The quantitative estimate of drug-likeness (QED) is 0.882. The van der Waals surface area contributed by atoms with E-state index in [1.165, 1.54) is 6.07 Å². The zero-order chi connectivity index (χ0) is 14.7. The van der Waals surface area contributed by atoms with Gasteiger partial charge in [-0.15, -0.1) is 0 Å². The van der Waals surface area contributed by atoms with Crippen LogP contribution < -0.4 is 5.73 Å². The van der Waals surface area contributed by atoms with Gasteiger partial charge in [-0.1, -0.05) is 6.07 Å². The van der Waals surface area contributed by atoms with E-state index < -0.39 is 11.6 Å². The molecular weight excluding hydrogens is 266 g/mol.